The van der Waals surface area contributed by atoms with Crippen molar-refractivity contribution in [3.63, 3.8) is 0 Å². The van der Waals surface area contributed by atoms with E-state index in [0.717, 1.165) is 0 Å². The van der Waals surface area contributed by atoms with E-state index in [9.17, 15) is 0 Å². The van der Waals surface area contributed by atoms with Gasteiger partial charge in [-0.2, -0.15) is 0 Å². The third-order valence-corrected chi connectivity index (χ3v) is 0. The fourth-order valence-electron chi connectivity index (χ4n) is 0. The first-order valence-corrected chi connectivity index (χ1v) is 0. The Hall–Kier alpha value is 0.317. The third-order valence-electron chi connectivity index (χ3n) is 0. The van der Waals surface area contributed by atoms with Crippen molar-refractivity contribution in [1.82, 2.24) is 0 Å². The predicted molar refractivity (Wildman–Crippen MR) is 15.8 cm³/mol. The van der Waals surface area contributed by atoms with E-state index < -0.39 is 0 Å². The predicted octanol–water partition coefficient (Wildman–Crippen LogP) is 0.229. The van der Waals surface area contributed by atoms with Gasteiger partial charge in [0.1, 0.15) is 0 Å². The zero-order chi connectivity index (χ0) is 0. The molecule has 0 aromatic heterocycles. The summed E-state index contributed by atoms with van der Waals surface area (Å²) in [5.41, 5.74) is 0. The molecule has 33 valence electrons. The average Bonchev–Trinajstić information content (AvgIpc) is 0. The summed E-state index contributed by atoms with van der Waals surface area (Å²) in [5.74, 6) is 0. The number of hydrogen-bond acceptors (Lipinski definition) is 0. The minimum atomic E-state index is 0. The molecule has 0 bridgehead atoms. The van der Waals surface area contributed by atoms with Crippen molar-refractivity contribution < 1.29 is 18.8 Å². The van der Waals surface area contributed by atoms with Crippen molar-refractivity contribution in [2.45, 2.75) is 0 Å². The summed E-state index contributed by atoms with van der Waals surface area (Å²) in [4.78, 5) is 0. The maximum atomic E-state index is 0. The van der Waals surface area contributed by atoms with Gasteiger partial charge in [-0.3, -0.25) is 18.8 Å². The maximum Gasteiger partial charge on any atom is 0 e. The molecule has 0 unspecified atom stereocenters. The summed E-state index contributed by atoms with van der Waals surface area (Å²) in [6.45, 7) is 0. The van der Waals surface area contributed by atoms with Gasteiger partial charge in [-0.05, 0) is 0 Å². The van der Waals surface area contributed by atoms with Gasteiger partial charge < -0.3 is 0 Å². The van der Waals surface area contributed by atoms with Crippen LogP contribution in [0.15, 0.2) is 0 Å². The summed E-state index contributed by atoms with van der Waals surface area (Å²) in [7, 11) is 0. The fourth-order valence-corrected chi connectivity index (χ4v) is 0. The molecule has 5 heteroatoms. The molecular weight excluding hydrogens is 82.9 g/mol. The van der Waals surface area contributed by atoms with Gasteiger partial charge in [0.25, 0.3) is 0 Å². The number of halogens is 4. The van der Waals surface area contributed by atoms with E-state index in [1.54, 1.807) is 0 Å². The van der Waals surface area contributed by atoms with Crippen LogP contribution >= 0.6 is 0 Å². The Labute approximate surface area is 38.6 Å². The van der Waals surface area contributed by atoms with Gasteiger partial charge in [-0.15, -0.1) is 0 Å². The standard InChI is InChI=1S/4FH.Li/h4*1H;. The van der Waals surface area contributed by atoms with E-state index in [0.29, 0.717) is 0 Å². The summed E-state index contributed by atoms with van der Waals surface area (Å²) >= 11 is 0. The molecule has 0 nitrogen and oxygen atoms in total. The van der Waals surface area contributed by atoms with E-state index in [4.69, 9.17) is 0 Å². The third kappa shape index (κ3) is 230. The van der Waals surface area contributed by atoms with Gasteiger partial charge in [0.05, 0.1) is 0 Å². The average molecular weight is 87.0 g/mol. The SMILES string of the molecule is F.F.F.F.[Li]. The van der Waals surface area contributed by atoms with Crippen LogP contribution in [0.25, 0.3) is 0 Å². The smallest absolute Gasteiger partial charge is 0 e. The molecule has 0 atom stereocenters. The Balaban J connectivity index is 0. The van der Waals surface area contributed by atoms with Crippen molar-refractivity contribution in [3.8, 4) is 0 Å². The molecule has 0 aliphatic heterocycles. The van der Waals surface area contributed by atoms with E-state index in [1.165, 1.54) is 0 Å². The molecule has 0 rings (SSSR count). The zero-order valence-electron chi connectivity index (χ0n) is 2.63. The molecule has 5 heavy (non-hydrogen) atoms. The van der Waals surface area contributed by atoms with Crippen LogP contribution in [0.1, 0.15) is 0 Å². The summed E-state index contributed by atoms with van der Waals surface area (Å²) in [5, 5.41) is 0. The van der Waals surface area contributed by atoms with E-state index in [1.807, 2.05) is 0 Å². The molecule has 0 fully saturated rings. The summed E-state index contributed by atoms with van der Waals surface area (Å²) < 4.78 is 0. The van der Waals surface area contributed by atoms with Crippen molar-refractivity contribution in [1.29, 1.82) is 0 Å². The van der Waals surface area contributed by atoms with Crippen LogP contribution in [-0.4, -0.2) is 18.9 Å². The Bertz CT molecular complexity index is 3.61. The molecule has 0 aromatic carbocycles. The molecule has 0 heterocycles. The second kappa shape index (κ2) is 472. The van der Waals surface area contributed by atoms with E-state index in [-0.39, 0.29) is 37.7 Å². The maximum absolute atomic E-state index is 0. The van der Waals surface area contributed by atoms with Gasteiger partial charge in [0.15, 0.2) is 0 Å². The first-order valence-electron chi connectivity index (χ1n) is 0. The molecule has 1 radical (unpaired) electrons. The van der Waals surface area contributed by atoms with Crippen LogP contribution in [0.5, 0.6) is 0 Å². The second-order valence-corrected chi connectivity index (χ2v) is 0. The quantitative estimate of drug-likeness (QED) is 0.293. The molecule has 0 aromatic rings. The normalized spacial score (nSPS) is 0. The van der Waals surface area contributed by atoms with Gasteiger partial charge in [-0.1, -0.05) is 0 Å². The first kappa shape index (κ1) is 984. The van der Waals surface area contributed by atoms with E-state index in [2.05, 4.69) is 0 Å². The molecule has 0 spiro atoms. The second-order valence-electron chi connectivity index (χ2n) is 0. The van der Waals surface area contributed by atoms with Crippen molar-refractivity contribution in [2.75, 3.05) is 0 Å². The number of hydrogen-bond donors (Lipinski definition) is 0. The van der Waals surface area contributed by atoms with Crippen LogP contribution in [0.3, 0.4) is 0 Å². The minimum Gasteiger partial charge on any atom is -0.269 e. The van der Waals surface area contributed by atoms with E-state index >= 15 is 0 Å². The van der Waals surface area contributed by atoms with Gasteiger partial charge in [0.2, 0.25) is 0 Å². The van der Waals surface area contributed by atoms with Crippen molar-refractivity contribution >= 4 is 18.9 Å². The largest absolute Gasteiger partial charge is 0.269 e. The van der Waals surface area contributed by atoms with Crippen molar-refractivity contribution in [3.05, 3.63) is 0 Å². The summed E-state index contributed by atoms with van der Waals surface area (Å²) in [6.07, 6.45) is 0. The molecule has 0 amide bonds. The Morgan fingerprint density at radius 2 is 0.400 bits per heavy atom. The fraction of sp³-hybridized carbons (Fsp3) is 0. The molecule has 0 N–H and O–H groups in total. The number of rotatable bonds is 0. The van der Waals surface area contributed by atoms with Gasteiger partial charge in [0, 0.05) is 18.9 Å². The molecular formula is H4F4Li. The topological polar surface area (TPSA) is 0 Å². The molecule has 0 aliphatic carbocycles. The first-order chi connectivity index (χ1) is 0. The Morgan fingerprint density at radius 3 is 0.400 bits per heavy atom. The Kier molecular flexibility index (Phi) is 92800. The molecule has 0 saturated carbocycles. The van der Waals surface area contributed by atoms with Crippen LogP contribution < -0.4 is 0 Å². The Morgan fingerprint density at radius 1 is 0.400 bits per heavy atom. The van der Waals surface area contributed by atoms with Gasteiger partial charge in [-0.25, -0.2) is 0 Å². The summed E-state index contributed by atoms with van der Waals surface area (Å²) in [6, 6.07) is 0. The van der Waals surface area contributed by atoms with Crippen LogP contribution in [-0.2, 0) is 0 Å². The molecule has 0 aliphatic rings. The van der Waals surface area contributed by atoms with Crippen LogP contribution in [0.2, 0.25) is 0 Å². The van der Waals surface area contributed by atoms with Crippen molar-refractivity contribution in [2.24, 2.45) is 0 Å². The van der Waals surface area contributed by atoms with Crippen LogP contribution in [0.4, 0.5) is 18.8 Å². The monoisotopic (exact) mass is 87.0 g/mol. The van der Waals surface area contributed by atoms with Crippen LogP contribution in [0, 0.1) is 0 Å². The molecule has 0 saturated heterocycles. The zero-order valence-corrected chi connectivity index (χ0v) is 2.63. The minimum absolute atomic E-state index is 0. The van der Waals surface area contributed by atoms with Gasteiger partial charge >= 0.3 is 0 Å².